The van der Waals surface area contributed by atoms with Gasteiger partial charge in [0.2, 0.25) is 0 Å². The molecular weight excluding hydrogens is 322 g/mol. The summed E-state index contributed by atoms with van der Waals surface area (Å²) >= 11 is 3.43. The monoisotopic (exact) mass is 331 g/mol. The first kappa shape index (κ1) is 12.7. The van der Waals surface area contributed by atoms with Crippen LogP contribution in [0.15, 0.2) is 53.0 Å². The van der Waals surface area contributed by atoms with Gasteiger partial charge >= 0.3 is 6.09 Å². The molecule has 3 aromatic rings. The number of nitrogens with zero attached hydrogens (tertiary/aromatic N) is 2. The maximum atomic E-state index is 11.0. The number of aromatic nitrogens is 2. The smallest absolute Gasteiger partial charge is 0.389 e. The second-order valence-corrected chi connectivity index (χ2v) is 5.05. The molecule has 100 valence electrons. The Hall–Kier alpha value is -2.34. The van der Waals surface area contributed by atoms with Gasteiger partial charge in [0.25, 0.3) is 5.88 Å². The average Bonchev–Trinajstić information content (AvgIpc) is 2.77. The fourth-order valence-electron chi connectivity index (χ4n) is 2.00. The highest BCUT2D eigenvalue weighted by Crippen LogP contribution is 2.29. The predicted octanol–water partition coefficient (Wildman–Crippen LogP) is 3.25. The van der Waals surface area contributed by atoms with E-state index in [1.54, 1.807) is 4.68 Å². The number of hydrogen-bond acceptors (Lipinski definition) is 3. The van der Waals surface area contributed by atoms with Crippen LogP contribution in [-0.2, 0) is 0 Å². The zero-order valence-corrected chi connectivity index (χ0v) is 11.9. The number of ether oxygens (including phenoxy) is 1. The van der Waals surface area contributed by atoms with Gasteiger partial charge in [0.15, 0.2) is 0 Å². The molecule has 2 aromatic carbocycles. The van der Waals surface area contributed by atoms with Crippen LogP contribution in [-0.4, -0.2) is 15.9 Å². The second-order valence-electron chi connectivity index (χ2n) is 4.14. The van der Waals surface area contributed by atoms with Crippen LogP contribution in [0.1, 0.15) is 0 Å². The topological polar surface area (TPSA) is 70.1 Å². The van der Waals surface area contributed by atoms with E-state index in [0.29, 0.717) is 0 Å². The molecule has 0 saturated heterocycles. The van der Waals surface area contributed by atoms with E-state index in [-0.39, 0.29) is 5.88 Å². The zero-order chi connectivity index (χ0) is 14.1. The van der Waals surface area contributed by atoms with Gasteiger partial charge in [0.05, 0.1) is 16.6 Å². The second kappa shape index (κ2) is 4.97. The number of hydrogen-bond donors (Lipinski definition) is 1. The van der Waals surface area contributed by atoms with E-state index >= 15 is 0 Å². The van der Waals surface area contributed by atoms with Crippen LogP contribution in [0.2, 0.25) is 0 Å². The molecule has 1 aromatic heterocycles. The minimum Gasteiger partial charge on any atom is -0.389 e. The van der Waals surface area contributed by atoms with Crippen LogP contribution in [0.25, 0.3) is 16.6 Å². The molecule has 0 bridgehead atoms. The Labute approximate surface area is 123 Å². The molecule has 0 atom stereocenters. The molecule has 0 spiro atoms. The third-order valence-corrected chi connectivity index (χ3v) is 3.30. The van der Waals surface area contributed by atoms with Gasteiger partial charge in [-0.2, -0.15) is 0 Å². The summed E-state index contributed by atoms with van der Waals surface area (Å²) < 4.78 is 7.58. The molecule has 0 radical (unpaired) electrons. The van der Waals surface area contributed by atoms with Crippen molar-refractivity contribution in [3.05, 3.63) is 53.0 Å². The summed E-state index contributed by atoms with van der Waals surface area (Å²) in [4.78, 5) is 11.0. The number of benzene rings is 2. The van der Waals surface area contributed by atoms with Gasteiger partial charge in [-0.15, -0.1) is 5.10 Å². The van der Waals surface area contributed by atoms with Crippen molar-refractivity contribution >= 4 is 32.9 Å². The fraction of sp³-hybridized carbons (Fsp3) is 0. The molecule has 0 unspecified atom stereocenters. The van der Waals surface area contributed by atoms with Crippen molar-refractivity contribution in [2.45, 2.75) is 0 Å². The lowest BCUT2D eigenvalue weighted by Gasteiger charge is -2.02. The van der Waals surface area contributed by atoms with Crippen molar-refractivity contribution in [2.24, 2.45) is 5.73 Å². The number of para-hydroxylation sites is 1. The van der Waals surface area contributed by atoms with Crippen LogP contribution in [0.4, 0.5) is 4.79 Å². The Morgan fingerprint density at radius 3 is 2.65 bits per heavy atom. The Morgan fingerprint density at radius 1 is 1.20 bits per heavy atom. The normalized spacial score (nSPS) is 10.7. The highest BCUT2D eigenvalue weighted by Gasteiger charge is 2.14. The Balaban J connectivity index is 2.26. The molecular formula is C14H10BrN3O2. The molecule has 3 rings (SSSR count). The van der Waals surface area contributed by atoms with Crippen molar-refractivity contribution in [2.75, 3.05) is 0 Å². The van der Waals surface area contributed by atoms with E-state index in [4.69, 9.17) is 10.5 Å². The minimum absolute atomic E-state index is 0.198. The van der Waals surface area contributed by atoms with E-state index in [1.165, 1.54) is 0 Å². The van der Waals surface area contributed by atoms with Gasteiger partial charge in [0, 0.05) is 4.47 Å². The van der Waals surface area contributed by atoms with Crippen molar-refractivity contribution in [1.82, 2.24) is 9.78 Å². The molecule has 0 saturated carbocycles. The van der Waals surface area contributed by atoms with E-state index in [9.17, 15) is 4.79 Å². The summed E-state index contributed by atoms with van der Waals surface area (Å²) in [5.74, 6) is 0.198. The minimum atomic E-state index is -0.882. The van der Waals surface area contributed by atoms with E-state index < -0.39 is 6.09 Å². The average molecular weight is 332 g/mol. The quantitative estimate of drug-likeness (QED) is 0.783. The number of amides is 1. The lowest BCUT2D eigenvalue weighted by Crippen LogP contribution is -2.16. The van der Waals surface area contributed by atoms with Crippen molar-refractivity contribution in [3.8, 4) is 11.6 Å². The third-order valence-electron chi connectivity index (χ3n) is 2.81. The van der Waals surface area contributed by atoms with Gasteiger partial charge in [-0.1, -0.05) is 34.1 Å². The number of carbonyl (C=O) groups is 1. The highest BCUT2D eigenvalue weighted by atomic mass is 79.9. The predicted molar refractivity (Wildman–Crippen MR) is 79.0 cm³/mol. The number of carbonyl (C=O) groups excluding carboxylic acids is 1. The number of primary amides is 1. The van der Waals surface area contributed by atoms with Gasteiger partial charge in [-0.25, -0.2) is 9.48 Å². The molecule has 5 nitrogen and oxygen atoms in total. The van der Waals surface area contributed by atoms with Crippen molar-refractivity contribution < 1.29 is 9.53 Å². The first-order valence-electron chi connectivity index (χ1n) is 5.86. The van der Waals surface area contributed by atoms with Gasteiger partial charge in [-0.3, -0.25) is 0 Å². The van der Waals surface area contributed by atoms with Gasteiger partial charge < -0.3 is 10.5 Å². The lowest BCUT2D eigenvalue weighted by molar-refractivity contribution is 0.209. The molecule has 6 heteroatoms. The lowest BCUT2D eigenvalue weighted by atomic mass is 10.2. The largest absolute Gasteiger partial charge is 0.411 e. The molecule has 1 amide bonds. The molecule has 0 aliphatic carbocycles. The Kier molecular flexibility index (Phi) is 3.15. The van der Waals surface area contributed by atoms with Crippen LogP contribution < -0.4 is 10.5 Å². The van der Waals surface area contributed by atoms with Crippen molar-refractivity contribution in [1.29, 1.82) is 0 Å². The molecule has 1 heterocycles. The summed E-state index contributed by atoms with van der Waals surface area (Å²) in [6.45, 7) is 0. The Morgan fingerprint density at radius 2 is 1.95 bits per heavy atom. The summed E-state index contributed by atoms with van der Waals surface area (Å²) in [6, 6.07) is 15.2. The first-order chi connectivity index (χ1) is 9.65. The molecule has 2 N–H and O–H groups in total. The van der Waals surface area contributed by atoms with Crippen molar-refractivity contribution in [3.63, 3.8) is 0 Å². The standard InChI is InChI=1S/C14H10BrN3O2/c15-9-6-7-11-12(8-9)18(10-4-2-1-3-5-10)17-13(11)20-14(16)19/h1-8H,(H2,16,19). The van der Waals surface area contributed by atoms with Crippen LogP contribution in [0.5, 0.6) is 5.88 Å². The number of fused-ring (bicyclic) bond motifs is 1. The van der Waals surface area contributed by atoms with Gasteiger partial charge in [0.1, 0.15) is 0 Å². The zero-order valence-electron chi connectivity index (χ0n) is 10.3. The van der Waals surface area contributed by atoms with E-state index in [0.717, 1.165) is 21.1 Å². The van der Waals surface area contributed by atoms with E-state index in [2.05, 4.69) is 21.0 Å². The number of halogens is 1. The molecule has 0 aliphatic heterocycles. The molecule has 0 aliphatic rings. The fourth-order valence-corrected chi connectivity index (χ4v) is 2.35. The maximum absolute atomic E-state index is 11.0. The van der Waals surface area contributed by atoms with Crippen LogP contribution >= 0.6 is 15.9 Å². The third kappa shape index (κ3) is 2.25. The highest BCUT2D eigenvalue weighted by molar-refractivity contribution is 9.10. The van der Waals surface area contributed by atoms with E-state index in [1.807, 2.05) is 48.5 Å². The number of rotatable bonds is 2. The molecule has 20 heavy (non-hydrogen) atoms. The van der Waals surface area contributed by atoms with Crippen LogP contribution in [0.3, 0.4) is 0 Å². The van der Waals surface area contributed by atoms with Gasteiger partial charge in [-0.05, 0) is 30.3 Å². The summed E-state index contributed by atoms with van der Waals surface area (Å²) in [5, 5.41) is 5.03. The summed E-state index contributed by atoms with van der Waals surface area (Å²) in [7, 11) is 0. The SMILES string of the molecule is NC(=O)Oc1nn(-c2ccccc2)c2cc(Br)ccc12. The number of nitrogens with two attached hydrogens (primary N) is 1. The maximum Gasteiger partial charge on any atom is 0.411 e. The van der Waals surface area contributed by atoms with Crippen LogP contribution in [0, 0.1) is 0 Å². The summed E-state index contributed by atoms with van der Waals surface area (Å²) in [5.41, 5.74) is 6.77. The summed E-state index contributed by atoms with van der Waals surface area (Å²) in [6.07, 6.45) is -0.882. The molecule has 0 fully saturated rings. The first-order valence-corrected chi connectivity index (χ1v) is 6.65. The Bertz CT molecular complexity index is 784.